The number of nitrogens with zero attached hydrogens (tertiary/aromatic N) is 2. The number of hydrogen-bond acceptors (Lipinski definition) is 6. The van der Waals surface area contributed by atoms with E-state index in [1.807, 2.05) is 0 Å². The van der Waals surface area contributed by atoms with Crippen LogP contribution in [0.15, 0.2) is 22.7 Å². The zero-order valence-corrected chi connectivity index (χ0v) is 12.0. The molecule has 7 nitrogen and oxygen atoms in total. The maximum Gasteiger partial charge on any atom is 0.340 e. The summed E-state index contributed by atoms with van der Waals surface area (Å²) in [6.07, 6.45) is 0. The van der Waals surface area contributed by atoms with Gasteiger partial charge in [0.1, 0.15) is 12.4 Å². The van der Waals surface area contributed by atoms with Crippen LogP contribution in [0.25, 0.3) is 0 Å². The van der Waals surface area contributed by atoms with E-state index in [9.17, 15) is 14.9 Å². The summed E-state index contributed by atoms with van der Waals surface area (Å²) < 4.78 is 10.1. The van der Waals surface area contributed by atoms with Crippen LogP contribution in [0.4, 0.5) is 5.69 Å². The average molecular weight is 311 g/mol. The highest BCUT2D eigenvalue weighted by Gasteiger charge is 2.18. The molecule has 0 saturated carbocycles. The number of benzene rings is 1. The molecule has 0 aliphatic carbocycles. The summed E-state index contributed by atoms with van der Waals surface area (Å²) in [7, 11) is 0. The second-order valence-corrected chi connectivity index (χ2v) is 4.71. The number of hydrogen-bond donors (Lipinski definition) is 0. The van der Waals surface area contributed by atoms with Crippen LogP contribution in [0, 0.1) is 24.0 Å². The number of non-ortho nitro benzene ring substituents is 1. The third-order valence-corrected chi connectivity index (χ3v) is 3.24. The number of aromatic nitrogens is 1. The van der Waals surface area contributed by atoms with Gasteiger partial charge in [0.05, 0.1) is 26.8 Å². The molecule has 0 unspecified atom stereocenters. The van der Waals surface area contributed by atoms with E-state index >= 15 is 0 Å². The van der Waals surface area contributed by atoms with Crippen molar-refractivity contribution in [2.75, 3.05) is 0 Å². The predicted molar refractivity (Wildman–Crippen MR) is 73.2 cm³/mol. The van der Waals surface area contributed by atoms with E-state index in [0.717, 1.165) is 6.07 Å². The van der Waals surface area contributed by atoms with Gasteiger partial charge >= 0.3 is 5.97 Å². The molecule has 2 rings (SSSR count). The fraction of sp³-hybridized carbons (Fsp3) is 0.231. The Labute approximate surface area is 124 Å². The molecule has 21 heavy (non-hydrogen) atoms. The van der Waals surface area contributed by atoms with Gasteiger partial charge in [0.2, 0.25) is 0 Å². The van der Waals surface area contributed by atoms with Gasteiger partial charge in [-0.1, -0.05) is 16.8 Å². The van der Waals surface area contributed by atoms with Gasteiger partial charge in [0.25, 0.3) is 5.69 Å². The number of esters is 1. The summed E-state index contributed by atoms with van der Waals surface area (Å²) in [6, 6.07) is 3.58. The Balaban J connectivity index is 2.17. The lowest BCUT2D eigenvalue weighted by molar-refractivity contribution is -0.384. The number of ether oxygens (including phenoxy) is 1. The third-order valence-electron chi connectivity index (χ3n) is 2.91. The van der Waals surface area contributed by atoms with Crippen LogP contribution < -0.4 is 0 Å². The number of carbonyl (C=O) groups excluding carboxylic acids is 1. The van der Waals surface area contributed by atoms with Gasteiger partial charge in [0, 0.05) is 12.1 Å². The van der Waals surface area contributed by atoms with Crippen molar-refractivity contribution in [1.29, 1.82) is 0 Å². The molecular formula is C13H11ClN2O5. The van der Waals surface area contributed by atoms with Crippen LogP contribution in [0.5, 0.6) is 0 Å². The van der Waals surface area contributed by atoms with E-state index in [1.54, 1.807) is 13.8 Å². The topological polar surface area (TPSA) is 95.5 Å². The second-order valence-electron chi connectivity index (χ2n) is 4.30. The van der Waals surface area contributed by atoms with E-state index in [4.69, 9.17) is 20.9 Å². The quantitative estimate of drug-likeness (QED) is 0.489. The Hall–Kier alpha value is -2.41. The molecule has 0 radical (unpaired) electrons. The molecule has 0 saturated heterocycles. The molecule has 0 aliphatic rings. The normalized spacial score (nSPS) is 10.4. The maximum atomic E-state index is 12.0. The number of carbonyl (C=O) groups is 1. The van der Waals surface area contributed by atoms with Crippen LogP contribution in [0.3, 0.4) is 0 Å². The summed E-state index contributed by atoms with van der Waals surface area (Å²) in [5.74, 6) is -0.200. The summed E-state index contributed by atoms with van der Waals surface area (Å²) in [5, 5.41) is 14.5. The van der Waals surface area contributed by atoms with Crippen molar-refractivity contribution in [3.05, 3.63) is 55.9 Å². The molecule has 0 N–H and O–H groups in total. The molecule has 1 aromatic carbocycles. The lowest BCUT2D eigenvalue weighted by atomic mass is 10.2. The van der Waals surface area contributed by atoms with Gasteiger partial charge in [0.15, 0.2) is 0 Å². The zero-order chi connectivity index (χ0) is 15.6. The van der Waals surface area contributed by atoms with E-state index in [0.29, 0.717) is 17.0 Å². The fourth-order valence-corrected chi connectivity index (χ4v) is 1.90. The van der Waals surface area contributed by atoms with Crippen molar-refractivity contribution in [2.45, 2.75) is 20.5 Å². The molecule has 1 heterocycles. The number of rotatable bonds is 4. The fourth-order valence-electron chi connectivity index (χ4n) is 1.71. The van der Waals surface area contributed by atoms with E-state index in [1.165, 1.54) is 12.1 Å². The second kappa shape index (κ2) is 5.92. The van der Waals surface area contributed by atoms with Crippen molar-refractivity contribution < 1.29 is 19.0 Å². The Morgan fingerprint density at radius 2 is 2.19 bits per heavy atom. The molecule has 0 fully saturated rings. The molecule has 0 amide bonds. The number of nitro benzene ring substituents is 1. The van der Waals surface area contributed by atoms with Crippen LogP contribution in [0.2, 0.25) is 5.02 Å². The highest BCUT2D eigenvalue weighted by molar-refractivity contribution is 6.33. The number of halogens is 1. The summed E-state index contributed by atoms with van der Waals surface area (Å²) in [5.41, 5.74) is 0.983. The van der Waals surface area contributed by atoms with Crippen LogP contribution >= 0.6 is 11.6 Å². The van der Waals surface area contributed by atoms with Gasteiger partial charge in [-0.05, 0) is 19.9 Å². The molecule has 2 aromatic rings. The summed E-state index contributed by atoms with van der Waals surface area (Å²) in [6.45, 7) is 3.38. The largest absolute Gasteiger partial charge is 0.457 e. The third kappa shape index (κ3) is 3.19. The molecular weight excluding hydrogens is 300 g/mol. The minimum Gasteiger partial charge on any atom is -0.457 e. The highest BCUT2D eigenvalue weighted by atomic mass is 35.5. The monoisotopic (exact) mass is 310 g/mol. The first kappa shape index (κ1) is 15.0. The smallest absolute Gasteiger partial charge is 0.340 e. The van der Waals surface area contributed by atoms with Crippen molar-refractivity contribution in [3.8, 4) is 0 Å². The first-order chi connectivity index (χ1) is 9.90. The van der Waals surface area contributed by atoms with Crippen LogP contribution in [-0.2, 0) is 11.3 Å². The van der Waals surface area contributed by atoms with Crippen molar-refractivity contribution in [1.82, 2.24) is 5.16 Å². The Morgan fingerprint density at radius 3 is 2.76 bits per heavy atom. The maximum absolute atomic E-state index is 12.0. The summed E-state index contributed by atoms with van der Waals surface area (Å²) >= 11 is 5.86. The lowest BCUT2D eigenvalue weighted by Gasteiger charge is -2.06. The van der Waals surface area contributed by atoms with Gasteiger partial charge in [-0.15, -0.1) is 0 Å². The first-order valence-corrected chi connectivity index (χ1v) is 6.30. The van der Waals surface area contributed by atoms with Crippen LogP contribution in [-0.4, -0.2) is 16.0 Å². The Morgan fingerprint density at radius 1 is 1.48 bits per heavy atom. The van der Waals surface area contributed by atoms with Crippen molar-refractivity contribution >= 4 is 23.3 Å². The molecule has 0 spiro atoms. The minimum absolute atomic E-state index is 0.0426. The van der Waals surface area contributed by atoms with Gasteiger partial charge in [-0.25, -0.2) is 4.79 Å². The van der Waals surface area contributed by atoms with Crippen molar-refractivity contribution in [3.63, 3.8) is 0 Å². The standard InChI is InChI=1S/C13H11ClN2O5/c1-7-11(8(2)21-15-7)6-20-13(17)10-5-9(16(18)19)3-4-12(10)14/h3-5H,6H2,1-2H3. The van der Waals surface area contributed by atoms with E-state index in [2.05, 4.69) is 5.16 Å². The highest BCUT2D eigenvalue weighted by Crippen LogP contribution is 2.23. The lowest BCUT2D eigenvalue weighted by Crippen LogP contribution is -2.07. The number of aryl methyl sites for hydroxylation is 2. The zero-order valence-electron chi connectivity index (χ0n) is 11.3. The van der Waals surface area contributed by atoms with Crippen molar-refractivity contribution in [2.24, 2.45) is 0 Å². The Kier molecular flexibility index (Phi) is 4.23. The first-order valence-electron chi connectivity index (χ1n) is 5.93. The van der Waals surface area contributed by atoms with Gasteiger partial charge in [-0.3, -0.25) is 10.1 Å². The molecule has 0 atom stereocenters. The van der Waals surface area contributed by atoms with E-state index in [-0.39, 0.29) is 22.9 Å². The predicted octanol–water partition coefficient (Wildman–Crippen LogP) is 3.21. The molecule has 0 bridgehead atoms. The summed E-state index contributed by atoms with van der Waals surface area (Å²) in [4.78, 5) is 22.1. The van der Waals surface area contributed by atoms with Gasteiger partial charge in [-0.2, -0.15) is 0 Å². The molecule has 110 valence electrons. The van der Waals surface area contributed by atoms with E-state index < -0.39 is 10.9 Å². The molecule has 1 aromatic heterocycles. The molecule has 0 aliphatic heterocycles. The molecule has 8 heteroatoms. The Bertz CT molecular complexity index is 691. The van der Waals surface area contributed by atoms with Crippen LogP contribution in [0.1, 0.15) is 27.4 Å². The average Bonchev–Trinajstić information content (AvgIpc) is 2.75. The van der Waals surface area contributed by atoms with Gasteiger partial charge < -0.3 is 9.26 Å². The number of nitro groups is 1. The minimum atomic E-state index is -0.747. The SMILES string of the molecule is Cc1noc(C)c1COC(=O)c1cc([N+](=O)[O-])ccc1Cl.